The van der Waals surface area contributed by atoms with Crippen LogP contribution in [0, 0.1) is 0 Å². The van der Waals surface area contributed by atoms with Gasteiger partial charge in [-0.1, -0.05) is 0 Å². The van der Waals surface area contributed by atoms with E-state index in [0.717, 1.165) is 30.1 Å². The maximum atomic E-state index is 5.43. The second-order valence-electron chi connectivity index (χ2n) is 3.41. The summed E-state index contributed by atoms with van der Waals surface area (Å²) in [7, 11) is 1.97. The van der Waals surface area contributed by atoms with E-state index in [9.17, 15) is 0 Å². The zero-order valence-corrected chi connectivity index (χ0v) is 8.77. The van der Waals surface area contributed by atoms with Crippen molar-refractivity contribution in [3.05, 3.63) is 18.3 Å². The zero-order chi connectivity index (χ0) is 10.7. The fraction of sp³-hybridized carbons (Fsp3) is 0.400. The van der Waals surface area contributed by atoms with Gasteiger partial charge in [-0.2, -0.15) is 4.98 Å². The summed E-state index contributed by atoms with van der Waals surface area (Å²) in [5.41, 5.74) is 7.23. The minimum atomic E-state index is 0.690. The van der Waals surface area contributed by atoms with Crippen LogP contribution in [0.1, 0.15) is 6.42 Å². The zero-order valence-electron chi connectivity index (χ0n) is 8.77. The van der Waals surface area contributed by atoms with Crippen molar-refractivity contribution >= 4 is 17.1 Å². The summed E-state index contributed by atoms with van der Waals surface area (Å²) < 4.78 is 2.00. The van der Waals surface area contributed by atoms with Crippen molar-refractivity contribution in [3.63, 3.8) is 0 Å². The van der Waals surface area contributed by atoms with Gasteiger partial charge in [-0.05, 0) is 25.1 Å². The van der Waals surface area contributed by atoms with E-state index in [1.807, 2.05) is 23.7 Å². The van der Waals surface area contributed by atoms with Crippen molar-refractivity contribution in [1.29, 1.82) is 0 Å². The Morgan fingerprint density at radius 3 is 3.13 bits per heavy atom. The molecule has 2 aromatic heterocycles. The molecule has 0 aliphatic heterocycles. The van der Waals surface area contributed by atoms with Crippen LogP contribution in [0.25, 0.3) is 11.2 Å². The third kappa shape index (κ3) is 1.92. The van der Waals surface area contributed by atoms with Crippen LogP contribution >= 0.6 is 0 Å². The highest BCUT2D eigenvalue weighted by Crippen LogP contribution is 2.14. The molecule has 0 spiro atoms. The lowest BCUT2D eigenvalue weighted by molar-refractivity contribution is 0.847. The van der Waals surface area contributed by atoms with Gasteiger partial charge in [0.05, 0.1) is 5.52 Å². The molecule has 3 N–H and O–H groups in total. The summed E-state index contributed by atoms with van der Waals surface area (Å²) in [6.45, 7) is 1.53. The Labute approximate surface area is 88.3 Å². The molecule has 0 unspecified atom stereocenters. The molecule has 0 aliphatic rings. The Balaban J connectivity index is 2.24. The van der Waals surface area contributed by atoms with Crippen LogP contribution in [-0.4, -0.2) is 27.6 Å². The topological polar surface area (TPSA) is 68.8 Å². The number of nitrogens with zero attached hydrogens (tertiary/aromatic N) is 3. The van der Waals surface area contributed by atoms with Crippen molar-refractivity contribution in [2.45, 2.75) is 6.42 Å². The summed E-state index contributed by atoms with van der Waals surface area (Å²) in [6.07, 6.45) is 2.69. The molecule has 0 saturated heterocycles. The first-order chi connectivity index (χ1) is 7.33. The molecule has 5 nitrogen and oxygen atoms in total. The summed E-state index contributed by atoms with van der Waals surface area (Å²) in [5.74, 6) is 0.845. The first-order valence-electron chi connectivity index (χ1n) is 5.04. The highest BCUT2D eigenvalue weighted by Gasteiger charge is 2.06. The number of imidazole rings is 1. The number of aromatic nitrogens is 3. The van der Waals surface area contributed by atoms with Crippen LogP contribution in [0.4, 0.5) is 5.95 Å². The van der Waals surface area contributed by atoms with Gasteiger partial charge in [-0.25, -0.2) is 4.98 Å². The van der Waals surface area contributed by atoms with Crippen molar-refractivity contribution in [2.24, 2.45) is 12.8 Å². The number of fused-ring (bicyclic) bond motifs is 1. The van der Waals surface area contributed by atoms with E-state index in [0.29, 0.717) is 6.54 Å². The van der Waals surface area contributed by atoms with Gasteiger partial charge in [0.2, 0.25) is 5.95 Å². The molecule has 0 atom stereocenters. The standard InChI is InChI=1S/C10H15N5/c1-15-8-4-2-6-12-9(8)14-10(15)13-7-3-5-11/h2,4,6H,3,5,7,11H2,1H3,(H,12,13,14). The van der Waals surface area contributed by atoms with Gasteiger partial charge in [0.25, 0.3) is 0 Å². The maximum absolute atomic E-state index is 5.43. The molecule has 15 heavy (non-hydrogen) atoms. The van der Waals surface area contributed by atoms with Crippen LogP contribution < -0.4 is 11.1 Å². The minimum Gasteiger partial charge on any atom is -0.356 e. The molecule has 5 heteroatoms. The molecule has 0 aromatic carbocycles. The van der Waals surface area contributed by atoms with E-state index in [4.69, 9.17) is 5.73 Å². The fourth-order valence-electron chi connectivity index (χ4n) is 1.49. The number of aryl methyl sites for hydroxylation is 1. The van der Waals surface area contributed by atoms with Crippen LogP contribution in [0.2, 0.25) is 0 Å². The second kappa shape index (κ2) is 4.27. The first kappa shape index (κ1) is 9.92. The lowest BCUT2D eigenvalue weighted by atomic mass is 10.4. The van der Waals surface area contributed by atoms with Gasteiger partial charge in [-0.3, -0.25) is 0 Å². The molecule has 80 valence electrons. The monoisotopic (exact) mass is 205 g/mol. The molecule has 0 fully saturated rings. The van der Waals surface area contributed by atoms with Crippen molar-refractivity contribution < 1.29 is 0 Å². The van der Waals surface area contributed by atoms with E-state index < -0.39 is 0 Å². The van der Waals surface area contributed by atoms with E-state index in [1.165, 1.54) is 0 Å². The van der Waals surface area contributed by atoms with Gasteiger partial charge in [0.15, 0.2) is 5.65 Å². The first-order valence-corrected chi connectivity index (χ1v) is 5.04. The quantitative estimate of drug-likeness (QED) is 0.722. The number of hydrogen-bond acceptors (Lipinski definition) is 4. The van der Waals surface area contributed by atoms with Gasteiger partial charge in [-0.15, -0.1) is 0 Å². The summed E-state index contributed by atoms with van der Waals surface area (Å²) in [6, 6.07) is 3.91. The average molecular weight is 205 g/mol. The number of hydrogen-bond donors (Lipinski definition) is 2. The molecule has 0 radical (unpaired) electrons. The molecule has 0 amide bonds. The Bertz CT molecular complexity index is 448. The molecule has 0 bridgehead atoms. The average Bonchev–Trinajstić information content (AvgIpc) is 2.57. The highest BCUT2D eigenvalue weighted by molar-refractivity contribution is 5.74. The number of pyridine rings is 1. The van der Waals surface area contributed by atoms with Crippen LogP contribution in [0.3, 0.4) is 0 Å². The lowest BCUT2D eigenvalue weighted by Gasteiger charge is -2.04. The molecule has 2 heterocycles. The molecule has 2 rings (SSSR count). The number of rotatable bonds is 4. The van der Waals surface area contributed by atoms with E-state index in [2.05, 4.69) is 15.3 Å². The summed E-state index contributed by atoms with van der Waals surface area (Å²) in [4.78, 5) is 8.58. The molecular formula is C10H15N5. The van der Waals surface area contributed by atoms with Crippen LogP contribution in [0.5, 0.6) is 0 Å². The fourth-order valence-corrected chi connectivity index (χ4v) is 1.49. The summed E-state index contributed by atoms with van der Waals surface area (Å²) in [5, 5.41) is 3.24. The van der Waals surface area contributed by atoms with Gasteiger partial charge < -0.3 is 15.6 Å². The van der Waals surface area contributed by atoms with Crippen molar-refractivity contribution in [1.82, 2.24) is 14.5 Å². The summed E-state index contributed by atoms with van der Waals surface area (Å²) >= 11 is 0. The number of anilines is 1. The van der Waals surface area contributed by atoms with Gasteiger partial charge >= 0.3 is 0 Å². The Morgan fingerprint density at radius 1 is 1.53 bits per heavy atom. The predicted octanol–water partition coefficient (Wildman–Crippen LogP) is 0.729. The minimum absolute atomic E-state index is 0.690. The van der Waals surface area contributed by atoms with E-state index in [1.54, 1.807) is 6.20 Å². The largest absolute Gasteiger partial charge is 0.356 e. The maximum Gasteiger partial charge on any atom is 0.205 e. The number of nitrogens with one attached hydrogen (secondary N) is 1. The Kier molecular flexibility index (Phi) is 2.82. The SMILES string of the molecule is Cn1c(NCCCN)nc2ncccc21. The highest BCUT2D eigenvalue weighted by atomic mass is 15.2. The molecule has 0 aliphatic carbocycles. The van der Waals surface area contributed by atoms with Gasteiger partial charge in [0, 0.05) is 19.8 Å². The second-order valence-corrected chi connectivity index (χ2v) is 3.41. The molecule has 2 aromatic rings. The van der Waals surface area contributed by atoms with Crippen molar-refractivity contribution in [3.8, 4) is 0 Å². The van der Waals surface area contributed by atoms with E-state index >= 15 is 0 Å². The molecular weight excluding hydrogens is 190 g/mol. The third-order valence-electron chi connectivity index (χ3n) is 2.32. The van der Waals surface area contributed by atoms with Gasteiger partial charge in [0.1, 0.15) is 0 Å². The van der Waals surface area contributed by atoms with Crippen molar-refractivity contribution in [2.75, 3.05) is 18.4 Å². The van der Waals surface area contributed by atoms with Crippen LogP contribution in [-0.2, 0) is 7.05 Å². The Morgan fingerprint density at radius 2 is 2.40 bits per heavy atom. The smallest absolute Gasteiger partial charge is 0.205 e. The predicted molar refractivity (Wildman–Crippen MR) is 60.7 cm³/mol. The Hall–Kier alpha value is -1.62. The third-order valence-corrected chi connectivity index (χ3v) is 2.32. The number of nitrogens with two attached hydrogens (primary N) is 1. The normalized spacial score (nSPS) is 10.8. The van der Waals surface area contributed by atoms with E-state index in [-0.39, 0.29) is 0 Å². The van der Waals surface area contributed by atoms with Crippen LogP contribution in [0.15, 0.2) is 18.3 Å². The molecule has 0 saturated carbocycles. The lowest BCUT2D eigenvalue weighted by Crippen LogP contribution is -2.11.